The van der Waals surface area contributed by atoms with Crippen molar-refractivity contribution >= 4 is 33.4 Å². The number of rotatable bonds is 8. The smallest absolute Gasteiger partial charge is 0.311 e. The summed E-state index contributed by atoms with van der Waals surface area (Å²) >= 11 is 0. The number of ether oxygens (including phenoxy) is 1. The first-order chi connectivity index (χ1) is 14.7. The first kappa shape index (κ1) is 22.0. The van der Waals surface area contributed by atoms with Crippen molar-refractivity contribution in [2.45, 2.75) is 31.6 Å². The lowest BCUT2D eigenvalue weighted by Crippen LogP contribution is -2.16. The highest BCUT2D eigenvalue weighted by Gasteiger charge is 2.16. The van der Waals surface area contributed by atoms with Gasteiger partial charge >= 0.3 is 5.97 Å². The maximum Gasteiger partial charge on any atom is 0.311 e. The topological polar surface area (TPSA) is 128 Å². The van der Waals surface area contributed by atoms with E-state index < -0.39 is 21.9 Å². The van der Waals surface area contributed by atoms with Crippen LogP contribution in [0.15, 0.2) is 64.0 Å². The molecule has 0 unspecified atom stereocenters. The van der Waals surface area contributed by atoms with Gasteiger partial charge in [-0.25, -0.2) is 8.42 Å². The molecular formula is C21H21N3O6S. The summed E-state index contributed by atoms with van der Waals surface area (Å²) < 4.78 is 37.0. The molecule has 0 aliphatic carbocycles. The molecule has 10 heteroatoms. The third-order valence-corrected chi connectivity index (χ3v) is 5.49. The number of carbonyl (C=O) groups excluding carboxylic acids is 2. The molecule has 0 saturated heterocycles. The van der Waals surface area contributed by atoms with E-state index in [2.05, 4.69) is 15.2 Å². The maximum atomic E-state index is 12.4. The number of sulfonamides is 1. The second-order valence-corrected chi connectivity index (χ2v) is 8.47. The molecule has 0 aliphatic rings. The molecular weight excluding hydrogens is 422 g/mol. The van der Waals surface area contributed by atoms with Gasteiger partial charge in [-0.05, 0) is 50.2 Å². The summed E-state index contributed by atoms with van der Waals surface area (Å²) in [5.74, 6) is 0.0513. The van der Waals surface area contributed by atoms with Crippen LogP contribution in [0.2, 0.25) is 0 Å². The van der Waals surface area contributed by atoms with Crippen molar-refractivity contribution < 1.29 is 27.3 Å². The van der Waals surface area contributed by atoms with Crippen molar-refractivity contribution in [1.82, 2.24) is 5.16 Å². The van der Waals surface area contributed by atoms with Crippen LogP contribution in [-0.2, 0) is 19.6 Å². The highest BCUT2D eigenvalue weighted by molar-refractivity contribution is 7.92. The second kappa shape index (κ2) is 9.43. The normalized spacial score (nSPS) is 11.0. The van der Waals surface area contributed by atoms with Crippen LogP contribution in [0.5, 0.6) is 5.75 Å². The van der Waals surface area contributed by atoms with E-state index in [9.17, 15) is 18.0 Å². The van der Waals surface area contributed by atoms with E-state index in [1.54, 1.807) is 19.1 Å². The van der Waals surface area contributed by atoms with Crippen molar-refractivity contribution in [2.75, 3.05) is 10.0 Å². The molecule has 2 N–H and O–H groups in total. The summed E-state index contributed by atoms with van der Waals surface area (Å²) in [5, 5.41) is 6.20. The number of anilines is 2. The monoisotopic (exact) mass is 443 g/mol. The fraction of sp³-hybridized carbons (Fsp3) is 0.190. The summed E-state index contributed by atoms with van der Waals surface area (Å²) in [6.07, 6.45) is -0.162. The molecule has 9 nitrogen and oxygen atoms in total. The molecule has 3 aromatic rings. The Labute approximate surface area is 179 Å². The second-order valence-electron chi connectivity index (χ2n) is 6.79. The van der Waals surface area contributed by atoms with Gasteiger partial charge in [-0.15, -0.1) is 0 Å². The van der Waals surface area contributed by atoms with Gasteiger partial charge in [0.25, 0.3) is 10.0 Å². The number of nitrogens with one attached hydrogen (secondary N) is 2. The van der Waals surface area contributed by atoms with Gasteiger partial charge in [0.2, 0.25) is 5.91 Å². The van der Waals surface area contributed by atoms with E-state index in [-0.39, 0.29) is 23.6 Å². The lowest BCUT2D eigenvalue weighted by Gasteiger charge is -2.08. The van der Waals surface area contributed by atoms with Crippen molar-refractivity contribution in [3.8, 4) is 5.75 Å². The summed E-state index contributed by atoms with van der Waals surface area (Å²) in [4.78, 5) is 23.9. The van der Waals surface area contributed by atoms with Gasteiger partial charge in [0, 0.05) is 18.2 Å². The van der Waals surface area contributed by atoms with Gasteiger partial charge in [-0.3, -0.25) is 14.3 Å². The SMILES string of the molecule is Cc1ccc(OC(=O)CCC(=O)Nc2ccc(S(=O)(=O)Nc3cc(C)on3)cc2)cc1. The minimum absolute atomic E-state index is 0.00664. The Bertz CT molecular complexity index is 1170. The molecule has 1 amide bonds. The molecule has 0 bridgehead atoms. The minimum atomic E-state index is -3.85. The molecule has 31 heavy (non-hydrogen) atoms. The van der Waals surface area contributed by atoms with Crippen LogP contribution in [0.4, 0.5) is 11.5 Å². The molecule has 162 valence electrons. The van der Waals surface area contributed by atoms with Crippen LogP contribution in [0, 0.1) is 13.8 Å². The van der Waals surface area contributed by atoms with Gasteiger partial charge in [-0.2, -0.15) is 0 Å². The average molecular weight is 443 g/mol. The molecule has 1 heterocycles. The Morgan fingerprint density at radius 2 is 1.68 bits per heavy atom. The fourth-order valence-electron chi connectivity index (χ4n) is 2.56. The average Bonchev–Trinajstić information content (AvgIpc) is 3.12. The zero-order valence-corrected chi connectivity index (χ0v) is 17.7. The minimum Gasteiger partial charge on any atom is -0.427 e. The molecule has 3 rings (SSSR count). The van der Waals surface area contributed by atoms with E-state index in [4.69, 9.17) is 9.26 Å². The summed E-state index contributed by atoms with van der Waals surface area (Å²) in [5.41, 5.74) is 1.44. The lowest BCUT2D eigenvalue weighted by atomic mass is 10.2. The van der Waals surface area contributed by atoms with Crippen LogP contribution < -0.4 is 14.8 Å². The Kier molecular flexibility index (Phi) is 6.71. The maximum absolute atomic E-state index is 12.4. The van der Waals surface area contributed by atoms with E-state index in [0.29, 0.717) is 17.2 Å². The molecule has 0 aliphatic heterocycles. The third-order valence-electron chi connectivity index (χ3n) is 4.12. The number of aromatic nitrogens is 1. The van der Waals surface area contributed by atoms with Gasteiger partial charge in [0.1, 0.15) is 11.5 Å². The van der Waals surface area contributed by atoms with Gasteiger partial charge in [-0.1, -0.05) is 22.9 Å². The molecule has 0 saturated carbocycles. The lowest BCUT2D eigenvalue weighted by molar-refractivity contribution is -0.135. The van der Waals surface area contributed by atoms with Crippen molar-refractivity contribution in [3.05, 3.63) is 65.9 Å². The molecule has 1 aromatic heterocycles. The Balaban J connectivity index is 1.50. The zero-order valence-electron chi connectivity index (χ0n) is 16.9. The Morgan fingerprint density at radius 3 is 2.29 bits per heavy atom. The largest absolute Gasteiger partial charge is 0.427 e. The standard InChI is InChI=1S/C21H21N3O6S/c1-14-3-7-17(8-4-14)29-21(26)12-11-20(25)22-16-5-9-18(10-6-16)31(27,28)24-19-13-15(2)30-23-19/h3-10,13H,11-12H2,1-2H3,(H,22,25)(H,23,24). The van der Waals surface area contributed by atoms with Crippen molar-refractivity contribution in [1.29, 1.82) is 0 Å². The number of amides is 1. The van der Waals surface area contributed by atoms with Crippen molar-refractivity contribution in [3.63, 3.8) is 0 Å². The van der Waals surface area contributed by atoms with Crippen molar-refractivity contribution in [2.24, 2.45) is 0 Å². The quantitative estimate of drug-likeness (QED) is 0.403. The van der Waals surface area contributed by atoms with Crippen LogP contribution >= 0.6 is 0 Å². The number of nitrogens with zero attached hydrogens (tertiary/aromatic N) is 1. The van der Waals surface area contributed by atoms with E-state index in [0.717, 1.165) is 5.56 Å². The Hall–Kier alpha value is -3.66. The summed E-state index contributed by atoms with van der Waals surface area (Å²) in [6, 6.07) is 14.0. The van der Waals surface area contributed by atoms with E-state index in [1.807, 2.05) is 19.1 Å². The molecule has 0 spiro atoms. The molecule has 2 aromatic carbocycles. The number of hydrogen-bond donors (Lipinski definition) is 2. The van der Waals surface area contributed by atoms with Gasteiger partial charge < -0.3 is 14.6 Å². The fourth-order valence-corrected chi connectivity index (χ4v) is 3.54. The zero-order chi connectivity index (χ0) is 22.4. The van der Waals surface area contributed by atoms with Crippen LogP contribution in [0.1, 0.15) is 24.2 Å². The van der Waals surface area contributed by atoms with E-state index in [1.165, 1.54) is 30.3 Å². The summed E-state index contributed by atoms with van der Waals surface area (Å²) in [6.45, 7) is 3.57. The first-order valence-electron chi connectivity index (χ1n) is 9.35. The molecule has 0 fully saturated rings. The number of hydrogen-bond acceptors (Lipinski definition) is 7. The number of benzene rings is 2. The molecule has 0 radical (unpaired) electrons. The van der Waals surface area contributed by atoms with Crippen LogP contribution in [0.25, 0.3) is 0 Å². The summed E-state index contributed by atoms with van der Waals surface area (Å²) in [7, 11) is -3.85. The highest BCUT2D eigenvalue weighted by atomic mass is 32.2. The highest BCUT2D eigenvalue weighted by Crippen LogP contribution is 2.18. The molecule has 0 atom stereocenters. The van der Waals surface area contributed by atoms with E-state index >= 15 is 0 Å². The van der Waals surface area contributed by atoms with Gasteiger partial charge in [0.15, 0.2) is 5.82 Å². The van der Waals surface area contributed by atoms with Crippen LogP contribution in [0.3, 0.4) is 0 Å². The van der Waals surface area contributed by atoms with Gasteiger partial charge in [0.05, 0.1) is 11.3 Å². The predicted molar refractivity (Wildman–Crippen MR) is 113 cm³/mol. The Morgan fingerprint density at radius 1 is 1.00 bits per heavy atom. The number of esters is 1. The predicted octanol–water partition coefficient (Wildman–Crippen LogP) is 3.42. The number of aryl methyl sites for hydroxylation is 2. The first-order valence-corrected chi connectivity index (χ1v) is 10.8. The van der Waals surface area contributed by atoms with Crippen LogP contribution in [-0.4, -0.2) is 25.5 Å². The third kappa shape index (κ3) is 6.41. The number of carbonyl (C=O) groups is 2.